The van der Waals surface area contributed by atoms with Crippen molar-refractivity contribution < 1.29 is 0 Å². The predicted molar refractivity (Wildman–Crippen MR) is 63.0 cm³/mol. The largest absolute Gasteiger partial charge is 0.316 e. The number of hydrogen-bond donors (Lipinski definition) is 1. The van der Waals surface area contributed by atoms with Crippen molar-refractivity contribution in [2.75, 3.05) is 13.1 Å². The summed E-state index contributed by atoms with van der Waals surface area (Å²) in [5.41, 5.74) is 2.54. The van der Waals surface area contributed by atoms with Gasteiger partial charge in [0.1, 0.15) is 0 Å². The third kappa shape index (κ3) is 2.37. The Balaban J connectivity index is 2.16. The lowest BCUT2D eigenvalue weighted by Gasteiger charge is -2.31. The maximum absolute atomic E-state index is 4.40. The van der Waals surface area contributed by atoms with Crippen molar-refractivity contribution in [3.05, 3.63) is 29.6 Å². The van der Waals surface area contributed by atoms with Gasteiger partial charge in [-0.25, -0.2) is 0 Å². The van der Waals surface area contributed by atoms with Gasteiger partial charge in [0.2, 0.25) is 0 Å². The summed E-state index contributed by atoms with van der Waals surface area (Å²) in [6, 6.07) is 4.38. The zero-order chi connectivity index (χ0) is 10.7. The second kappa shape index (κ2) is 4.75. The van der Waals surface area contributed by atoms with E-state index >= 15 is 0 Å². The number of rotatable bonds is 2. The van der Waals surface area contributed by atoms with Crippen LogP contribution >= 0.6 is 0 Å². The SMILES string of the molecule is CCC1CNCCC1c1ccc(C)nc1. The molecule has 2 atom stereocenters. The highest BCUT2D eigenvalue weighted by Crippen LogP contribution is 2.31. The summed E-state index contributed by atoms with van der Waals surface area (Å²) in [6.07, 6.45) is 4.57. The standard InChI is InChI=1S/C13H20N2/c1-3-11-8-14-7-6-13(11)12-5-4-10(2)15-9-12/h4-5,9,11,13-14H,3,6-8H2,1-2H3. The van der Waals surface area contributed by atoms with E-state index in [4.69, 9.17) is 0 Å². The average Bonchev–Trinajstić information content (AvgIpc) is 2.30. The first-order chi connectivity index (χ1) is 7.31. The number of aromatic nitrogens is 1. The molecule has 0 aliphatic carbocycles. The van der Waals surface area contributed by atoms with Crippen LogP contribution < -0.4 is 5.32 Å². The van der Waals surface area contributed by atoms with Crippen LogP contribution in [0.2, 0.25) is 0 Å². The van der Waals surface area contributed by atoms with Gasteiger partial charge in [0, 0.05) is 11.9 Å². The van der Waals surface area contributed by atoms with Gasteiger partial charge < -0.3 is 5.32 Å². The number of nitrogens with zero attached hydrogens (tertiary/aromatic N) is 1. The van der Waals surface area contributed by atoms with Crippen LogP contribution in [0.5, 0.6) is 0 Å². The Morgan fingerprint density at radius 2 is 2.33 bits per heavy atom. The van der Waals surface area contributed by atoms with Gasteiger partial charge in [-0.15, -0.1) is 0 Å². The molecule has 1 N–H and O–H groups in total. The summed E-state index contributed by atoms with van der Waals surface area (Å²) in [5.74, 6) is 1.49. The molecule has 1 aromatic heterocycles. The maximum Gasteiger partial charge on any atom is 0.0372 e. The Morgan fingerprint density at radius 1 is 1.47 bits per heavy atom. The molecular formula is C13H20N2. The van der Waals surface area contributed by atoms with E-state index in [0.717, 1.165) is 24.7 Å². The van der Waals surface area contributed by atoms with E-state index in [1.165, 1.54) is 18.4 Å². The molecule has 15 heavy (non-hydrogen) atoms. The molecule has 2 heterocycles. The van der Waals surface area contributed by atoms with Crippen LogP contribution in [0.25, 0.3) is 0 Å². The van der Waals surface area contributed by atoms with Crippen LogP contribution in [0, 0.1) is 12.8 Å². The fraction of sp³-hybridized carbons (Fsp3) is 0.615. The second-order valence-corrected chi connectivity index (χ2v) is 4.50. The number of pyridine rings is 1. The molecule has 1 saturated heterocycles. The first-order valence-corrected chi connectivity index (χ1v) is 5.94. The minimum Gasteiger partial charge on any atom is -0.316 e. The molecule has 0 radical (unpaired) electrons. The zero-order valence-corrected chi connectivity index (χ0v) is 9.66. The van der Waals surface area contributed by atoms with Gasteiger partial charge in [-0.3, -0.25) is 4.98 Å². The van der Waals surface area contributed by atoms with E-state index in [1.54, 1.807) is 0 Å². The van der Waals surface area contributed by atoms with Gasteiger partial charge in [0.25, 0.3) is 0 Å². The van der Waals surface area contributed by atoms with Crippen LogP contribution in [-0.4, -0.2) is 18.1 Å². The van der Waals surface area contributed by atoms with E-state index in [9.17, 15) is 0 Å². The summed E-state index contributed by atoms with van der Waals surface area (Å²) in [5, 5.41) is 3.48. The lowest BCUT2D eigenvalue weighted by molar-refractivity contribution is 0.317. The maximum atomic E-state index is 4.40. The second-order valence-electron chi connectivity index (χ2n) is 4.50. The molecule has 2 heteroatoms. The molecule has 0 spiro atoms. The van der Waals surface area contributed by atoms with Gasteiger partial charge in [-0.05, 0) is 49.9 Å². The highest BCUT2D eigenvalue weighted by atomic mass is 14.9. The zero-order valence-electron chi connectivity index (χ0n) is 9.66. The van der Waals surface area contributed by atoms with Crippen molar-refractivity contribution in [2.45, 2.75) is 32.6 Å². The molecule has 0 aromatic carbocycles. The van der Waals surface area contributed by atoms with Crippen LogP contribution in [0.4, 0.5) is 0 Å². The molecule has 1 aliphatic rings. The summed E-state index contributed by atoms with van der Waals surface area (Å²) in [7, 11) is 0. The number of nitrogens with one attached hydrogen (secondary N) is 1. The third-order valence-electron chi connectivity index (χ3n) is 3.49. The van der Waals surface area contributed by atoms with Gasteiger partial charge >= 0.3 is 0 Å². The molecule has 1 aromatic rings. The Kier molecular flexibility index (Phi) is 3.37. The van der Waals surface area contributed by atoms with E-state index in [-0.39, 0.29) is 0 Å². The van der Waals surface area contributed by atoms with Gasteiger partial charge in [-0.1, -0.05) is 19.4 Å². The number of piperidine rings is 1. The average molecular weight is 204 g/mol. The van der Waals surface area contributed by atoms with Crippen LogP contribution in [0.1, 0.15) is 36.9 Å². The Labute approximate surface area is 92.1 Å². The van der Waals surface area contributed by atoms with E-state index in [2.05, 4.69) is 35.6 Å². The molecule has 1 fully saturated rings. The third-order valence-corrected chi connectivity index (χ3v) is 3.49. The Morgan fingerprint density at radius 3 is 3.00 bits per heavy atom. The fourth-order valence-corrected chi connectivity index (χ4v) is 2.49. The van der Waals surface area contributed by atoms with E-state index in [0.29, 0.717) is 5.92 Å². The lowest BCUT2D eigenvalue weighted by atomic mass is 9.80. The summed E-state index contributed by atoms with van der Waals surface area (Å²) in [6.45, 7) is 6.64. The Bertz CT molecular complexity index is 305. The van der Waals surface area contributed by atoms with Crippen molar-refractivity contribution in [2.24, 2.45) is 5.92 Å². The topological polar surface area (TPSA) is 24.9 Å². The molecular weight excluding hydrogens is 184 g/mol. The normalized spacial score (nSPS) is 26.5. The molecule has 2 unspecified atom stereocenters. The van der Waals surface area contributed by atoms with Crippen molar-refractivity contribution in [1.29, 1.82) is 0 Å². The molecule has 0 amide bonds. The van der Waals surface area contributed by atoms with Gasteiger partial charge in [-0.2, -0.15) is 0 Å². The van der Waals surface area contributed by atoms with Crippen molar-refractivity contribution in [3.63, 3.8) is 0 Å². The molecule has 2 rings (SSSR count). The van der Waals surface area contributed by atoms with Crippen LogP contribution in [0.15, 0.2) is 18.3 Å². The molecule has 0 saturated carbocycles. The van der Waals surface area contributed by atoms with E-state index in [1.807, 2.05) is 6.92 Å². The summed E-state index contributed by atoms with van der Waals surface area (Å²) < 4.78 is 0. The number of aryl methyl sites for hydroxylation is 1. The monoisotopic (exact) mass is 204 g/mol. The Hall–Kier alpha value is -0.890. The summed E-state index contributed by atoms with van der Waals surface area (Å²) >= 11 is 0. The van der Waals surface area contributed by atoms with Crippen molar-refractivity contribution in [3.8, 4) is 0 Å². The van der Waals surface area contributed by atoms with E-state index < -0.39 is 0 Å². The van der Waals surface area contributed by atoms with Gasteiger partial charge in [0.15, 0.2) is 0 Å². The fourth-order valence-electron chi connectivity index (χ4n) is 2.49. The first-order valence-electron chi connectivity index (χ1n) is 5.94. The molecule has 82 valence electrons. The van der Waals surface area contributed by atoms with Gasteiger partial charge in [0.05, 0.1) is 0 Å². The summed E-state index contributed by atoms with van der Waals surface area (Å²) in [4.78, 5) is 4.40. The highest BCUT2D eigenvalue weighted by Gasteiger charge is 2.24. The molecule has 2 nitrogen and oxygen atoms in total. The molecule has 0 bridgehead atoms. The smallest absolute Gasteiger partial charge is 0.0372 e. The molecule has 1 aliphatic heterocycles. The van der Waals surface area contributed by atoms with Crippen LogP contribution in [-0.2, 0) is 0 Å². The van der Waals surface area contributed by atoms with Crippen molar-refractivity contribution in [1.82, 2.24) is 10.3 Å². The quantitative estimate of drug-likeness (QED) is 0.800. The minimum absolute atomic E-state index is 0.712. The highest BCUT2D eigenvalue weighted by molar-refractivity contribution is 5.19. The lowest BCUT2D eigenvalue weighted by Crippen LogP contribution is -2.35. The minimum atomic E-state index is 0.712. The number of hydrogen-bond acceptors (Lipinski definition) is 2. The predicted octanol–water partition coefficient (Wildman–Crippen LogP) is 2.49. The first kappa shape index (κ1) is 10.6. The van der Waals surface area contributed by atoms with Crippen LogP contribution in [0.3, 0.4) is 0 Å². The van der Waals surface area contributed by atoms with Crippen molar-refractivity contribution >= 4 is 0 Å².